The number of ether oxygens (including phenoxy) is 1. The zero-order valence-electron chi connectivity index (χ0n) is 14.4. The third-order valence-corrected chi connectivity index (χ3v) is 3.99. The summed E-state index contributed by atoms with van der Waals surface area (Å²) in [5, 5.41) is 6.08. The molecule has 1 aliphatic rings. The molecule has 2 amide bonds. The van der Waals surface area contributed by atoms with E-state index in [0.717, 1.165) is 38.8 Å². The Balaban J connectivity index is 2.29. The van der Waals surface area contributed by atoms with Gasteiger partial charge in [0.05, 0.1) is 6.10 Å². The molecular formula is C16H33N3O2. The first kappa shape index (κ1) is 18.2. The van der Waals surface area contributed by atoms with Crippen molar-refractivity contribution in [3.05, 3.63) is 0 Å². The van der Waals surface area contributed by atoms with Crippen molar-refractivity contribution < 1.29 is 9.53 Å². The SMILES string of the molecule is CN(C)CCC(NC(=O)NCCC1CCCO1)C(C)(C)C. The lowest BCUT2D eigenvalue weighted by atomic mass is 9.85. The lowest BCUT2D eigenvalue weighted by Crippen LogP contribution is -2.49. The molecule has 5 nitrogen and oxygen atoms in total. The van der Waals surface area contributed by atoms with E-state index in [9.17, 15) is 4.79 Å². The molecule has 2 atom stereocenters. The summed E-state index contributed by atoms with van der Waals surface area (Å²) in [6, 6.07) is 0.106. The molecule has 1 heterocycles. The number of nitrogens with zero attached hydrogens (tertiary/aromatic N) is 1. The molecule has 5 heteroatoms. The van der Waals surface area contributed by atoms with Gasteiger partial charge in [0.1, 0.15) is 0 Å². The first-order valence-electron chi connectivity index (χ1n) is 8.09. The van der Waals surface area contributed by atoms with Gasteiger partial charge in [-0.25, -0.2) is 4.79 Å². The zero-order valence-corrected chi connectivity index (χ0v) is 14.4. The normalized spacial score (nSPS) is 20.6. The van der Waals surface area contributed by atoms with Gasteiger partial charge in [0.2, 0.25) is 0 Å². The molecule has 0 aromatic heterocycles. The Morgan fingerprint density at radius 3 is 2.62 bits per heavy atom. The second kappa shape index (κ2) is 8.59. The summed E-state index contributed by atoms with van der Waals surface area (Å²) in [5.74, 6) is 0. The van der Waals surface area contributed by atoms with Crippen LogP contribution in [0.4, 0.5) is 4.79 Å². The summed E-state index contributed by atoms with van der Waals surface area (Å²) >= 11 is 0. The molecule has 0 spiro atoms. The van der Waals surface area contributed by atoms with Gasteiger partial charge >= 0.3 is 6.03 Å². The first-order valence-corrected chi connectivity index (χ1v) is 8.09. The molecule has 0 aromatic carbocycles. The molecule has 0 saturated carbocycles. The van der Waals surface area contributed by atoms with Crippen LogP contribution in [0.3, 0.4) is 0 Å². The molecule has 1 fully saturated rings. The van der Waals surface area contributed by atoms with Crippen molar-refractivity contribution in [3.63, 3.8) is 0 Å². The molecule has 2 N–H and O–H groups in total. The Morgan fingerprint density at radius 1 is 1.38 bits per heavy atom. The lowest BCUT2D eigenvalue weighted by molar-refractivity contribution is 0.104. The zero-order chi connectivity index (χ0) is 15.9. The summed E-state index contributed by atoms with van der Waals surface area (Å²) in [4.78, 5) is 14.2. The fourth-order valence-electron chi connectivity index (χ4n) is 2.54. The van der Waals surface area contributed by atoms with Gasteiger partial charge in [-0.05, 0) is 51.7 Å². The van der Waals surface area contributed by atoms with Crippen LogP contribution in [0, 0.1) is 5.41 Å². The van der Waals surface area contributed by atoms with Gasteiger partial charge in [0.15, 0.2) is 0 Å². The number of amides is 2. The van der Waals surface area contributed by atoms with Gasteiger partial charge in [0, 0.05) is 19.2 Å². The van der Waals surface area contributed by atoms with E-state index in [0.29, 0.717) is 12.6 Å². The Morgan fingerprint density at radius 2 is 2.10 bits per heavy atom. The van der Waals surface area contributed by atoms with Crippen LogP contribution in [0.25, 0.3) is 0 Å². The summed E-state index contributed by atoms with van der Waals surface area (Å²) in [5.41, 5.74) is 0.0575. The standard InChI is InChI=1S/C16H33N3O2/c1-16(2,3)14(9-11-19(4)5)18-15(20)17-10-8-13-7-6-12-21-13/h13-14H,6-12H2,1-5H3,(H2,17,18,20). The highest BCUT2D eigenvalue weighted by Crippen LogP contribution is 2.22. The van der Waals surface area contributed by atoms with Crippen LogP contribution in [0.15, 0.2) is 0 Å². The van der Waals surface area contributed by atoms with E-state index in [-0.39, 0.29) is 17.5 Å². The van der Waals surface area contributed by atoms with Gasteiger partial charge in [-0.3, -0.25) is 0 Å². The molecule has 1 saturated heterocycles. The highest BCUT2D eigenvalue weighted by Gasteiger charge is 2.26. The highest BCUT2D eigenvalue weighted by atomic mass is 16.5. The minimum Gasteiger partial charge on any atom is -0.378 e. The van der Waals surface area contributed by atoms with Crippen molar-refractivity contribution in [2.45, 2.75) is 58.6 Å². The van der Waals surface area contributed by atoms with E-state index in [1.165, 1.54) is 0 Å². The predicted molar refractivity (Wildman–Crippen MR) is 86.5 cm³/mol. The summed E-state index contributed by atoms with van der Waals surface area (Å²) in [7, 11) is 4.11. The fraction of sp³-hybridized carbons (Fsp3) is 0.938. The predicted octanol–water partition coefficient (Wildman–Crippen LogP) is 2.22. The molecular weight excluding hydrogens is 266 g/mol. The van der Waals surface area contributed by atoms with E-state index in [4.69, 9.17) is 4.74 Å². The third kappa shape index (κ3) is 7.67. The topological polar surface area (TPSA) is 53.6 Å². The lowest BCUT2D eigenvalue weighted by Gasteiger charge is -2.32. The van der Waals surface area contributed by atoms with E-state index >= 15 is 0 Å². The van der Waals surface area contributed by atoms with Crippen LogP contribution >= 0.6 is 0 Å². The first-order chi connectivity index (χ1) is 9.79. The fourth-order valence-corrected chi connectivity index (χ4v) is 2.54. The Bertz CT molecular complexity index is 307. The number of carbonyl (C=O) groups excluding carboxylic acids is 1. The number of carbonyl (C=O) groups is 1. The van der Waals surface area contributed by atoms with Crippen LogP contribution in [-0.4, -0.2) is 56.9 Å². The monoisotopic (exact) mass is 299 g/mol. The Kier molecular flexibility index (Phi) is 7.46. The average Bonchev–Trinajstić information content (AvgIpc) is 2.85. The van der Waals surface area contributed by atoms with Crippen LogP contribution in [0.5, 0.6) is 0 Å². The third-order valence-electron chi connectivity index (χ3n) is 3.99. The number of rotatable bonds is 7. The number of nitrogens with one attached hydrogen (secondary N) is 2. The van der Waals surface area contributed by atoms with Gasteiger partial charge in [-0.1, -0.05) is 20.8 Å². The smallest absolute Gasteiger partial charge is 0.315 e. The van der Waals surface area contributed by atoms with Crippen LogP contribution in [0.1, 0.15) is 46.5 Å². The minimum atomic E-state index is -0.0633. The molecule has 0 aromatic rings. The summed E-state index contributed by atoms with van der Waals surface area (Å²) < 4.78 is 5.56. The highest BCUT2D eigenvalue weighted by molar-refractivity contribution is 5.74. The second-order valence-corrected chi connectivity index (χ2v) is 7.33. The maximum Gasteiger partial charge on any atom is 0.315 e. The van der Waals surface area contributed by atoms with Crippen LogP contribution in [0.2, 0.25) is 0 Å². The Hall–Kier alpha value is -0.810. The molecule has 21 heavy (non-hydrogen) atoms. The van der Waals surface area contributed by atoms with E-state index in [1.54, 1.807) is 0 Å². The van der Waals surface area contributed by atoms with Gasteiger partial charge in [-0.15, -0.1) is 0 Å². The van der Waals surface area contributed by atoms with E-state index in [1.807, 2.05) is 0 Å². The largest absolute Gasteiger partial charge is 0.378 e. The summed E-state index contributed by atoms with van der Waals surface area (Å²) in [6.07, 6.45) is 4.46. The number of urea groups is 1. The molecule has 0 bridgehead atoms. The molecule has 1 aliphatic heterocycles. The van der Waals surface area contributed by atoms with Crippen molar-refractivity contribution in [3.8, 4) is 0 Å². The molecule has 0 aliphatic carbocycles. The van der Waals surface area contributed by atoms with Crippen LogP contribution in [-0.2, 0) is 4.74 Å². The maximum absolute atomic E-state index is 12.0. The average molecular weight is 299 g/mol. The molecule has 1 rings (SSSR count). The van der Waals surface area contributed by atoms with E-state index < -0.39 is 0 Å². The van der Waals surface area contributed by atoms with Crippen molar-refractivity contribution in [1.29, 1.82) is 0 Å². The summed E-state index contributed by atoms with van der Waals surface area (Å²) in [6.45, 7) is 9.02. The van der Waals surface area contributed by atoms with E-state index in [2.05, 4.69) is 50.4 Å². The molecule has 2 unspecified atom stereocenters. The second-order valence-electron chi connectivity index (χ2n) is 7.33. The maximum atomic E-state index is 12.0. The number of hydrogen-bond acceptors (Lipinski definition) is 3. The van der Waals surface area contributed by atoms with Gasteiger partial charge in [0.25, 0.3) is 0 Å². The van der Waals surface area contributed by atoms with Gasteiger partial charge in [-0.2, -0.15) is 0 Å². The van der Waals surface area contributed by atoms with Crippen molar-refractivity contribution in [2.24, 2.45) is 5.41 Å². The van der Waals surface area contributed by atoms with Crippen molar-refractivity contribution >= 4 is 6.03 Å². The van der Waals surface area contributed by atoms with Crippen molar-refractivity contribution in [2.75, 3.05) is 33.8 Å². The Labute approximate surface area is 129 Å². The number of hydrogen-bond donors (Lipinski definition) is 2. The quantitative estimate of drug-likeness (QED) is 0.758. The minimum absolute atomic E-state index is 0.0575. The van der Waals surface area contributed by atoms with Crippen molar-refractivity contribution in [1.82, 2.24) is 15.5 Å². The molecule has 0 radical (unpaired) electrons. The van der Waals surface area contributed by atoms with Crippen LogP contribution < -0.4 is 10.6 Å². The van der Waals surface area contributed by atoms with Gasteiger partial charge < -0.3 is 20.3 Å². The molecule has 124 valence electrons.